The van der Waals surface area contributed by atoms with Gasteiger partial charge in [0, 0.05) is 12.0 Å². The highest BCUT2D eigenvalue weighted by Crippen LogP contribution is 2.25. The van der Waals surface area contributed by atoms with Crippen LogP contribution >= 0.6 is 0 Å². The van der Waals surface area contributed by atoms with Crippen LogP contribution in [0.3, 0.4) is 0 Å². The van der Waals surface area contributed by atoms with Crippen molar-refractivity contribution in [3.63, 3.8) is 0 Å². The summed E-state index contributed by atoms with van der Waals surface area (Å²) in [5.74, 6) is -0.100. The molecule has 1 aliphatic heterocycles. The molecule has 1 aliphatic carbocycles. The lowest BCUT2D eigenvalue weighted by Gasteiger charge is -2.36. The van der Waals surface area contributed by atoms with Crippen molar-refractivity contribution in [1.29, 1.82) is 0 Å². The summed E-state index contributed by atoms with van der Waals surface area (Å²) in [5.41, 5.74) is 4.90. The molecule has 19 heavy (non-hydrogen) atoms. The molecule has 0 aromatic heterocycles. The van der Waals surface area contributed by atoms with Crippen molar-refractivity contribution in [3.05, 3.63) is 0 Å². The second kappa shape index (κ2) is 5.90. The maximum Gasteiger partial charge on any atom is 0.240 e. The normalized spacial score (nSPS) is 35.6. The van der Waals surface area contributed by atoms with Crippen LogP contribution in [-0.2, 0) is 9.59 Å². The molecule has 5 heteroatoms. The second-order valence-corrected chi connectivity index (χ2v) is 6.14. The van der Waals surface area contributed by atoms with Crippen LogP contribution in [0.1, 0.15) is 51.9 Å². The number of rotatable bonds is 3. The van der Waals surface area contributed by atoms with E-state index in [4.69, 9.17) is 5.73 Å². The zero-order valence-corrected chi connectivity index (χ0v) is 11.7. The molecule has 108 valence electrons. The minimum atomic E-state index is -0.418. The smallest absolute Gasteiger partial charge is 0.240 e. The van der Waals surface area contributed by atoms with E-state index in [-0.39, 0.29) is 23.8 Å². The summed E-state index contributed by atoms with van der Waals surface area (Å²) in [6.07, 6.45) is 6.45. The van der Waals surface area contributed by atoms with E-state index in [0.717, 1.165) is 51.5 Å². The summed E-state index contributed by atoms with van der Waals surface area (Å²) in [7, 11) is 0. The standard InChI is InChI=1S/C14H25N3O2/c1-14(8-2-3-9-16-14)13(19)17-11-6-4-10(5-7-11)12(15)18/h10-11,16H,2-9H2,1H3,(H2,15,18)(H,17,19). The van der Waals surface area contributed by atoms with Gasteiger partial charge in [0.2, 0.25) is 11.8 Å². The fraction of sp³-hybridized carbons (Fsp3) is 0.857. The molecule has 2 rings (SSSR count). The van der Waals surface area contributed by atoms with Crippen molar-refractivity contribution in [1.82, 2.24) is 10.6 Å². The molecule has 1 unspecified atom stereocenters. The predicted molar refractivity (Wildman–Crippen MR) is 73.3 cm³/mol. The fourth-order valence-corrected chi connectivity index (χ4v) is 3.12. The van der Waals surface area contributed by atoms with E-state index < -0.39 is 5.54 Å². The Balaban J connectivity index is 1.82. The van der Waals surface area contributed by atoms with Crippen molar-refractivity contribution in [2.75, 3.05) is 6.54 Å². The molecular formula is C14H25N3O2. The molecular weight excluding hydrogens is 242 g/mol. The molecule has 1 saturated heterocycles. The van der Waals surface area contributed by atoms with Gasteiger partial charge in [0.15, 0.2) is 0 Å². The lowest BCUT2D eigenvalue weighted by Crippen LogP contribution is -2.59. The van der Waals surface area contributed by atoms with Gasteiger partial charge in [-0.05, 0) is 58.4 Å². The average Bonchev–Trinajstić information content (AvgIpc) is 2.40. The van der Waals surface area contributed by atoms with Crippen LogP contribution in [0.25, 0.3) is 0 Å². The Labute approximate surface area is 114 Å². The second-order valence-electron chi connectivity index (χ2n) is 6.14. The third kappa shape index (κ3) is 3.47. The van der Waals surface area contributed by atoms with E-state index in [0.29, 0.717) is 0 Å². The van der Waals surface area contributed by atoms with Gasteiger partial charge in [-0.15, -0.1) is 0 Å². The first kappa shape index (κ1) is 14.3. The van der Waals surface area contributed by atoms with E-state index in [1.54, 1.807) is 0 Å². The number of carbonyl (C=O) groups is 2. The van der Waals surface area contributed by atoms with Crippen LogP contribution in [0, 0.1) is 5.92 Å². The summed E-state index contributed by atoms with van der Waals surface area (Å²) >= 11 is 0. The van der Waals surface area contributed by atoms with Crippen LogP contribution in [-0.4, -0.2) is 29.9 Å². The van der Waals surface area contributed by atoms with Crippen LogP contribution in [0.15, 0.2) is 0 Å². The van der Waals surface area contributed by atoms with Gasteiger partial charge in [-0.2, -0.15) is 0 Å². The molecule has 4 N–H and O–H groups in total. The van der Waals surface area contributed by atoms with E-state index in [9.17, 15) is 9.59 Å². The quantitative estimate of drug-likeness (QED) is 0.703. The largest absolute Gasteiger partial charge is 0.369 e. The summed E-state index contributed by atoms with van der Waals surface area (Å²) in [4.78, 5) is 23.4. The van der Waals surface area contributed by atoms with Crippen LogP contribution in [0.2, 0.25) is 0 Å². The maximum absolute atomic E-state index is 12.3. The maximum atomic E-state index is 12.3. The number of amides is 2. The van der Waals surface area contributed by atoms with Crippen molar-refractivity contribution < 1.29 is 9.59 Å². The Morgan fingerprint density at radius 1 is 1.21 bits per heavy atom. The van der Waals surface area contributed by atoms with Crippen molar-refractivity contribution >= 4 is 11.8 Å². The van der Waals surface area contributed by atoms with Crippen LogP contribution < -0.4 is 16.4 Å². The van der Waals surface area contributed by atoms with E-state index in [1.165, 1.54) is 0 Å². The van der Waals surface area contributed by atoms with Crippen molar-refractivity contribution in [2.45, 2.75) is 63.5 Å². The highest BCUT2D eigenvalue weighted by Gasteiger charge is 2.36. The first-order chi connectivity index (χ1) is 9.01. The van der Waals surface area contributed by atoms with E-state index >= 15 is 0 Å². The Kier molecular flexibility index (Phi) is 4.45. The number of nitrogens with one attached hydrogen (secondary N) is 2. The van der Waals surface area contributed by atoms with Crippen molar-refractivity contribution in [3.8, 4) is 0 Å². The molecule has 2 aliphatic rings. The molecule has 2 amide bonds. The molecule has 2 fully saturated rings. The summed E-state index contributed by atoms with van der Waals surface area (Å²) < 4.78 is 0. The lowest BCUT2D eigenvalue weighted by molar-refractivity contribution is -0.129. The first-order valence-electron chi connectivity index (χ1n) is 7.36. The molecule has 1 saturated carbocycles. The van der Waals surface area contributed by atoms with Gasteiger partial charge < -0.3 is 16.4 Å². The third-order valence-electron chi connectivity index (χ3n) is 4.58. The van der Waals surface area contributed by atoms with E-state index in [2.05, 4.69) is 10.6 Å². The zero-order valence-electron chi connectivity index (χ0n) is 11.7. The number of primary amides is 1. The van der Waals surface area contributed by atoms with Gasteiger partial charge in [-0.25, -0.2) is 0 Å². The Hall–Kier alpha value is -1.10. The number of hydrogen-bond acceptors (Lipinski definition) is 3. The molecule has 0 spiro atoms. The molecule has 1 heterocycles. The average molecular weight is 267 g/mol. The Morgan fingerprint density at radius 3 is 2.42 bits per heavy atom. The molecule has 0 aromatic carbocycles. The van der Waals surface area contributed by atoms with Crippen LogP contribution in [0.4, 0.5) is 0 Å². The van der Waals surface area contributed by atoms with Gasteiger partial charge >= 0.3 is 0 Å². The SMILES string of the molecule is CC1(C(=O)NC2CCC(C(N)=O)CC2)CCCCN1. The highest BCUT2D eigenvalue weighted by molar-refractivity contribution is 5.86. The number of hydrogen-bond donors (Lipinski definition) is 3. The highest BCUT2D eigenvalue weighted by atomic mass is 16.2. The summed E-state index contributed by atoms with van der Waals surface area (Å²) in [5, 5.41) is 6.46. The van der Waals surface area contributed by atoms with Gasteiger partial charge in [-0.1, -0.05) is 0 Å². The minimum absolute atomic E-state index is 0.00320. The van der Waals surface area contributed by atoms with E-state index in [1.807, 2.05) is 6.92 Å². The summed E-state index contributed by atoms with van der Waals surface area (Å²) in [6, 6.07) is 0.198. The molecule has 0 bridgehead atoms. The van der Waals surface area contributed by atoms with Gasteiger partial charge in [0.05, 0.1) is 5.54 Å². The Morgan fingerprint density at radius 2 is 1.89 bits per heavy atom. The predicted octanol–water partition coefficient (Wildman–Crippen LogP) is 0.679. The number of piperidine rings is 1. The molecule has 1 atom stereocenters. The monoisotopic (exact) mass is 267 g/mol. The molecule has 0 aromatic rings. The Bertz CT molecular complexity index is 343. The first-order valence-corrected chi connectivity index (χ1v) is 7.36. The van der Waals surface area contributed by atoms with Gasteiger partial charge in [0.1, 0.15) is 0 Å². The topological polar surface area (TPSA) is 84.2 Å². The zero-order chi connectivity index (χ0) is 13.9. The number of carbonyl (C=O) groups excluding carboxylic acids is 2. The van der Waals surface area contributed by atoms with Crippen LogP contribution in [0.5, 0.6) is 0 Å². The minimum Gasteiger partial charge on any atom is -0.369 e. The lowest BCUT2D eigenvalue weighted by atomic mass is 9.84. The van der Waals surface area contributed by atoms with Crippen molar-refractivity contribution in [2.24, 2.45) is 11.7 Å². The third-order valence-corrected chi connectivity index (χ3v) is 4.58. The number of nitrogens with two attached hydrogens (primary N) is 1. The van der Waals surface area contributed by atoms with Gasteiger partial charge in [-0.3, -0.25) is 9.59 Å². The molecule has 0 radical (unpaired) electrons. The summed E-state index contributed by atoms with van der Waals surface area (Å²) in [6.45, 7) is 2.90. The molecule has 5 nitrogen and oxygen atoms in total. The van der Waals surface area contributed by atoms with Gasteiger partial charge in [0.25, 0.3) is 0 Å². The fourth-order valence-electron chi connectivity index (χ4n) is 3.12.